The lowest BCUT2D eigenvalue weighted by molar-refractivity contribution is -0.384. The highest BCUT2D eigenvalue weighted by molar-refractivity contribution is 6.07. The van der Waals surface area contributed by atoms with Gasteiger partial charge in [-0.2, -0.15) is 0 Å². The Hall–Kier alpha value is -3.09. The summed E-state index contributed by atoms with van der Waals surface area (Å²) in [6.45, 7) is 5.32. The van der Waals surface area contributed by atoms with Crippen molar-refractivity contribution in [1.82, 2.24) is 0 Å². The van der Waals surface area contributed by atoms with E-state index in [1.807, 2.05) is 0 Å². The molecule has 0 fully saturated rings. The molecule has 0 saturated carbocycles. The van der Waals surface area contributed by atoms with Crippen LogP contribution in [0.1, 0.15) is 36.2 Å². The average Bonchev–Trinajstić information content (AvgIpc) is 3.10. The number of anilines is 1. The molecule has 0 saturated heterocycles. The summed E-state index contributed by atoms with van der Waals surface area (Å²) in [5, 5.41) is 11.1. The number of rotatable bonds is 7. The fourth-order valence-corrected chi connectivity index (χ4v) is 3.17. The summed E-state index contributed by atoms with van der Waals surface area (Å²) in [5.41, 5.74) is 1.95. The Morgan fingerprint density at radius 1 is 1.21 bits per heavy atom. The average molecular weight is 384 g/mol. The molecule has 2 aromatic carbocycles. The number of non-ortho nitro benzene ring substituents is 1. The molecule has 1 heterocycles. The molecule has 148 valence electrons. The first-order chi connectivity index (χ1) is 13.4. The molecule has 1 aliphatic rings. The van der Waals surface area contributed by atoms with Gasteiger partial charge in [0, 0.05) is 24.2 Å². The molecule has 7 nitrogen and oxygen atoms in total. The molecule has 28 heavy (non-hydrogen) atoms. The van der Waals surface area contributed by atoms with E-state index in [-0.39, 0.29) is 11.6 Å². The maximum Gasteiger partial charge on any atom is 0.271 e. The number of ether oxygens (including phenoxy) is 2. The molecule has 0 unspecified atom stereocenters. The number of methoxy groups -OCH3 is 1. The maximum absolute atomic E-state index is 13.0. The van der Waals surface area contributed by atoms with Crippen LogP contribution in [0.15, 0.2) is 36.4 Å². The predicted molar refractivity (Wildman–Crippen MR) is 106 cm³/mol. The zero-order valence-corrected chi connectivity index (χ0v) is 16.3. The molecule has 1 aliphatic heterocycles. The number of nitro benzene ring substituents is 1. The number of fused-ring (bicyclic) bond motifs is 1. The van der Waals surface area contributed by atoms with E-state index in [0.717, 1.165) is 12.0 Å². The first-order valence-electron chi connectivity index (χ1n) is 9.30. The van der Waals surface area contributed by atoms with Crippen molar-refractivity contribution in [3.05, 3.63) is 57.6 Å². The zero-order valence-electron chi connectivity index (χ0n) is 16.3. The van der Waals surface area contributed by atoms with Gasteiger partial charge < -0.3 is 14.4 Å². The molecule has 0 radical (unpaired) electrons. The van der Waals surface area contributed by atoms with E-state index in [4.69, 9.17) is 9.47 Å². The number of nitro groups is 1. The van der Waals surface area contributed by atoms with Gasteiger partial charge in [-0.3, -0.25) is 14.9 Å². The molecule has 1 amide bonds. The summed E-state index contributed by atoms with van der Waals surface area (Å²) in [5.74, 6) is 1.41. The van der Waals surface area contributed by atoms with E-state index >= 15 is 0 Å². The van der Waals surface area contributed by atoms with Gasteiger partial charge in [-0.1, -0.05) is 19.9 Å². The van der Waals surface area contributed by atoms with Crippen LogP contribution in [0.25, 0.3) is 0 Å². The van der Waals surface area contributed by atoms with Crippen molar-refractivity contribution in [2.75, 3.05) is 25.2 Å². The van der Waals surface area contributed by atoms with Gasteiger partial charge in [-0.25, -0.2) is 0 Å². The summed E-state index contributed by atoms with van der Waals surface area (Å²) >= 11 is 0. The van der Waals surface area contributed by atoms with Crippen LogP contribution < -0.4 is 14.4 Å². The lowest BCUT2D eigenvalue weighted by Crippen LogP contribution is -2.28. The molecule has 0 aromatic heterocycles. The minimum Gasteiger partial charge on any atom is -0.493 e. The number of carbonyl (C=O) groups excluding carboxylic acids is 1. The van der Waals surface area contributed by atoms with Crippen molar-refractivity contribution in [2.24, 2.45) is 5.92 Å². The van der Waals surface area contributed by atoms with Gasteiger partial charge in [-0.05, 0) is 42.5 Å². The Kier molecular flexibility index (Phi) is 5.82. The van der Waals surface area contributed by atoms with Crippen LogP contribution in [0.4, 0.5) is 11.4 Å². The van der Waals surface area contributed by atoms with Crippen LogP contribution in [-0.2, 0) is 6.42 Å². The van der Waals surface area contributed by atoms with Crippen LogP contribution in [0.5, 0.6) is 11.5 Å². The summed E-state index contributed by atoms with van der Waals surface area (Å²) in [4.78, 5) is 25.2. The van der Waals surface area contributed by atoms with Crippen molar-refractivity contribution in [3.63, 3.8) is 0 Å². The van der Waals surface area contributed by atoms with E-state index in [1.54, 1.807) is 29.2 Å². The number of carbonyl (C=O) groups is 1. The van der Waals surface area contributed by atoms with Gasteiger partial charge in [0.25, 0.3) is 11.6 Å². The second-order valence-corrected chi connectivity index (χ2v) is 7.17. The van der Waals surface area contributed by atoms with Gasteiger partial charge in [0.05, 0.1) is 24.3 Å². The number of hydrogen-bond acceptors (Lipinski definition) is 5. The first-order valence-corrected chi connectivity index (χ1v) is 9.30. The Morgan fingerprint density at radius 3 is 2.68 bits per heavy atom. The summed E-state index contributed by atoms with van der Waals surface area (Å²) < 4.78 is 11.2. The molecule has 0 aliphatic carbocycles. The van der Waals surface area contributed by atoms with Crippen molar-refractivity contribution >= 4 is 17.3 Å². The lowest BCUT2D eigenvalue weighted by Gasteiger charge is -2.18. The topological polar surface area (TPSA) is 81.9 Å². The van der Waals surface area contributed by atoms with Crippen LogP contribution in [0, 0.1) is 16.0 Å². The van der Waals surface area contributed by atoms with Gasteiger partial charge >= 0.3 is 0 Å². The Morgan fingerprint density at radius 2 is 2.00 bits per heavy atom. The van der Waals surface area contributed by atoms with Crippen LogP contribution >= 0.6 is 0 Å². The van der Waals surface area contributed by atoms with Crippen molar-refractivity contribution in [2.45, 2.75) is 26.7 Å². The third-order valence-electron chi connectivity index (χ3n) is 4.78. The fourth-order valence-electron chi connectivity index (χ4n) is 3.17. The quantitative estimate of drug-likeness (QED) is 0.527. The number of amides is 1. The van der Waals surface area contributed by atoms with Crippen molar-refractivity contribution in [3.8, 4) is 11.5 Å². The van der Waals surface area contributed by atoms with E-state index in [2.05, 4.69) is 13.8 Å². The van der Waals surface area contributed by atoms with E-state index in [1.165, 1.54) is 19.2 Å². The maximum atomic E-state index is 13.0. The SMILES string of the molecule is COc1cc(C(=O)N2CCc3ccc([N+](=O)[O-])cc32)ccc1OCCC(C)C. The summed E-state index contributed by atoms with van der Waals surface area (Å²) in [7, 11) is 1.54. The van der Waals surface area contributed by atoms with Crippen LogP contribution in [-0.4, -0.2) is 31.1 Å². The highest BCUT2D eigenvalue weighted by Gasteiger charge is 2.28. The number of hydrogen-bond donors (Lipinski definition) is 0. The molecular formula is C21H24N2O5. The van der Waals surface area contributed by atoms with Gasteiger partial charge in [-0.15, -0.1) is 0 Å². The second kappa shape index (κ2) is 8.29. The normalized spacial score (nSPS) is 12.8. The monoisotopic (exact) mass is 384 g/mol. The van der Waals surface area contributed by atoms with Crippen LogP contribution in [0.3, 0.4) is 0 Å². The summed E-state index contributed by atoms with van der Waals surface area (Å²) in [6.07, 6.45) is 1.60. The third-order valence-corrected chi connectivity index (χ3v) is 4.78. The predicted octanol–water partition coefficient (Wildman–Crippen LogP) is 4.23. The minimum atomic E-state index is -0.451. The lowest BCUT2D eigenvalue weighted by atomic mass is 10.1. The van der Waals surface area contributed by atoms with Crippen molar-refractivity contribution in [1.29, 1.82) is 0 Å². The van der Waals surface area contributed by atoms with E-state index < -0.39 is 4.92 Å². The molecule has 0 spiro atoms. The minimum absolute atomic E-state index is 0.0232. The Labute approximate surface area is 164 Å². The molecule has 7 heteroatoms. The molecular weight excluding hydrogens is 360 g/mol. The summed E-state index contributed by atoms with van der Waals surface area (Å²) in [6, 6.07) is 9.73. The fraction of sp³-hybridized carbons (Fsp3) is 0.381. The second-order valence-electron chi connectivity index (χ2n) is 7.17. The molecule has 0 atom stereocenters. The number of benzene rings is 2. The van der Waals surface area contributed by atoms with E-state index in [0.29, 0.717) is 48.2 Å². The molecule has 0 bridgehead atoms. The highest BCUT2D eigenvalue weighted by atomic mass is 16.6. The highest BCUT2D eigenvalue weighted by Crippen LogP contribution is 2.34. The third kappa shape index (κ3) is 4.08. The van der Waals surface area contributed by atoms with Crippen molar-refractivity contribution < 1.29 is 19.2 Å². The Bertz CT molecular complexity index is 894. The smallest absolute Gasteiger partial charge is 0.271 e. The zero-order chi connectivity index (χ0) is 20.3. The van der Waals surface area contributed by atoms with Gasteiger partial charge in [0.2, 0.25) is 0 Å². The largest absolute Gasteiger partial charge is 0.493 e. The Balaban J connectivity index is 1.82. The standard InChI is InChI=1S/C21H24N2O5/c1-14(2)9-11-28-19-7-5-16(12-20(19)27-3)21(24)22-10-8-15-4-6-17(23(25)26)13-18(15)22/h4-7,12-14H,8-11H2,1-3H3. The van der Waals surface area contributed by atoms with E-state index in [9.17, 15) is 14.9 Å². The van der Waals surface area contributed by atoms with Crippen LogP contribution in [0.2, 0.25) is 0 Å². The molecule has 3 rings (SSSR count). The molecule has 0 N–H and O–H groups in total. The van der Waals surface area contributed by atoms with Gasteiger partial charge in [0.1, 0.15) is 0 Å². The van der Waals surface area contributed by atoms with Gasteiger partial charge in [0.15, 0.2) is 11.5 Å². The molecule has 2 aromatic rings. The first kappa shape index (κ1) is 19.7. The number of nitrogens with zero attached hydrogens (tertiary/aromatic N) is 2.